The van der Waals surface area contributed by atoms with E-state index in [-0.39, 0.29) is 18.5 Å². The van der Waals surface area contributed by atoms with Crippen LogP contribution in [0.5, 0.6) is 5.75 Å². The van der Waals surface area contributed by atoms with Gasteiger partial charge in [-0.15, -0.1) is 11.3 Å². The van der Waals surface area contributed by atoms with Crippen molar-refractivity contribution in [3.05, 3.63) is 77.0 Å². The molecule has 4 aromatic rings. The zero-order chi connectivity index (χ0) is 24.9. The SMILES string of the molecule is CN=C(C=C(C)N)COc1ccc(F)c(C(C)Nc2cc(-c3ccc4ncsc4c3)nc(C)n2)c1. The van der Waals surface area contributed by atoms with Crippen LogP contribution >= 0.6 is 11.3 Å². The van der Waals surface area contributed by atoms with E-state index in [4.69, 9.17) is 10.5 Å². The minimum Gasteiger partial charge on any atom is -0.487 e. The molecule has 0 fully saturated rings. The molecule has 35 heavy (non-hydrogen) atoms. The largest absolute Gasteiger partial charge is 0.487 e. The molecule has 2 aromatic heterocycles. The van der Waals surface area contributed by atoms with Crippen LogP contribution in [-0.2, 0) is 0 Å². The fourth-order valence-corrected chi connectivity index (χ4v) is 4.35. The van der Waals surface area contributed by atoms with Gasteiger partial charge in [-0.05, 0) is 57.2 Å². The summed E-state index contributed by atoms with van der Waals surface area (Å²) < 4.78 is 21.6. The normalized spacial score (nSPS) is 13.2. The molecule has 0 saturated carbocycles. The van der Waals surface area contributed by atoms with E-state index in [1.165, 1.54) is 6.07 Å². The van der Waals surface area contributed by atoms with Crippen LogP contribution in [0.15, 0.2) is 64.7 Å². The lowest BCUT2D eigenvalue weighted by molar-refractivity contribution is 0.375. The summed E-state index contributed by atoms with van der Waals surface area (Å²) >= 11 is 1.58. The Morgan fingerprint density at radius 1 is 1.23 bits per heavy atom. The molecule has 0 amide bonds. The van der Waals surface area contributed by atoms with E-state index < -0.39 is 0 Å². The zero-order valence-electron chi connectivity index (χ0n) is 20.0. The number of nitrogens with zero attached hydrogens (tertiary/aromatic N) is 4. The van der Waals surface area contributed by atoms with Gasteiger partial charge in [0, 0.05) is 29.9 Å². The summed E-state index contributed by atoms with van der Waals surface area (Å²) in [4.78, 5) is 17.6. The van der Waals surface area contributed by atoms with E-state index in [0.717, 1.165) is 21.5 Å². The Bertz CT molecular complexity index is 1410. The highest BCUT2D eigenvalue weighted by atomic mass is 32.1. The molecule has 0 saturated heterocycles. The van der Waals surface area contributed by atoms with Crippen LogP contribution in [0.1, 0.15) is 31.3 Å². The predicted molar refractivity (Wildman–Crippen MR) is 141 cm³/mol. The average Bonchev–Trinajstić information content (AvgIpc) is 3.30. The Kier molecular flexibility index (Phi) is 7.36. The number of fused-ring (bicyclic) bond motifs is 1. The van der Waals surface area contributed by atoms with Crippen LogP contribution in [0.25, 0.3) is 21.5 Å². The minimum atomic E-state index is -0.366. The van der Waals surface area contributed by atoms with Crippen molar-refractivity contribution < 1.29 is 9.13 Å². The quantitative estimate of drug-likeness (QED) is 0.308. The maximum atomic E-state index is 14.7. The number of rotatable bonds is 8. The molecular formula is C26H27FN6OS. The average molecular weight is 491 g/mol. The van der Waals surface area contributed by atoms with E-state index in [9.17, 15) is 4.39 Å². The molecule has 1 unspecified atom stereocenters. The first-order chi connectivity index (χ1) is 16.8. The Labute approximate surface area is 207 Å². The van der Waals surface area contributed by atoms with Gasteiger partial charge >= 0.3 is 0 Å². The van der Waals surface area contributed by atoms with Crippen molar-refractivity contribution in [3.8, 4) is 17.0 Å². The fourth-order valence-electron chi connectivity index (χ4n) is 3.64. The molecule has 4 rings (SSSR count). The summed E-state index contributed by atoms with van der Waals surface area (Å²) in [5.74, 6) is 1.44. The van der Waals surface area contributed by atoms with Crippen molar-refractivity contribution in [3.63, 3.8) is 0 Å². The monoisotopic (exact) mass is 490 g/mol. The Hall–Kier alpha value is -3.85. The number of ether oxygens (including phenoxy) is 1. The van der Waals surface area contributed by atoms with Gasteiger partial charge in [-0.3, -0.25) is 4.99 Å². The lowest BCUT2D eigenvalue weighted by Gasteiger charge is -2.18. The van der Waals surface area contributed by atoms with Crippen molar-refractivity contribution >= 4 is 33.1 Å². The maximum absolute atomic E-state index is 14.7. The topological polar surface area (TPSA) is 98.3 Å². The fraction of sp³-hybridized carbons (Fsp3) is 0.231. The highest BCUT2D eigenvalue weighted by molar-refractivity contribution is 7.16. The van der Waals surface area contributed by atoms with Crippen molar-refractivity contribution in [2.45, 2.75) is 26.8 Å². The second-order valence-corrected chi connectivity index (χ2v) is 9.05. The molecule has 2 heterocycles. The number of allylic oxidation sites excluding steroid dienone is 1. The van der Waals surface area contributed by atoms with E-state index in [1.54, 1.807) is 43.5 Å². The molecule has 0 aliphatic carbocycles. The van der Waals surface area contributed by atoms with E-state index in [1.807, 2.05) is 37.6 Å². The van der Waals surface area contributed by atoms with Gasteiger partial charge in [-0.25, -0.2) is 19.3 Å². The summed E-state index contributed by atoms with van der Waals surface area (Å²) in [5.41, 5.74) is 12.1. The van der Waals surface area contributed by atoms with Gasteiger partial charge in [0.2, 0.25) is 0 Å². The standard InChI is InChI=1S/C26H27FN6OS/c1-15(28)9-19(29-4)13-34-20-6-7-22(27)21(11-20)16(2)31-26-12-24(32-17(3)33-26)18-5-8-23-25(10-18)35-14-30-23/h5-12,14,16H,13,28H2,1-4H3,(H,31,32,33). The number of nitrogens with one attached hydrogen (secondary N) is 1. The van der Waals surface area contributed by atoms with Crippen molar-refractivity contribution in [2.75, 3.05) is 19.0 Å². The number of aryl methyl sites for hydroxylation is 1. The lowest BCUT2D eigenvalue weighted by Crippen LogP contribution is -2.13. The van der Waals surface area contributed by atoms with Crippen molar-refractivity contribution in [1.82, 2.24) is 15.0 Å². The summed E-state index contributed by atoms with van der Waals surface area (Å²) in [6.45, 7) is 5.73. The summed E-state index contributed by atoms with van der Waals surface area (Å²) in [7, 11) is 1.67. The summed E-state index contributed by atoms with van der Waals surface area (Å²) in [5, 5.41) is 3.31. The number of thiazole rings is 1. The van der Waals surface area contributed by atoms with Crippen molar-refractivity contribution in [1.29, 1.82) is 0 Å². The summed E-state index contributed by atoms with van der Waals surface area (Å²) in [6.07, 6.45) is 1.75. The lowest BCUT2D eigenvalue weighted by atomic mass is 10.1. The second-order valence-electron chi connectivity index (χ2n) is 8.16. The maximum Gasteiger partial charge on any atom is 0.130 e. The van der Waals surface area contributed by atoms with E-state index in [0.29, 0.717) is 34.4 Å². The number of halogens is 1. The highest BCUT2D eigenvalue weighted by Gasteiger charge is 2.15. The molecule has 7 nitrogen and oxygen atoms in total. The van der Waals surface area contributed by atoms with Gasteiger partial charge in [0.15, 0.2) is 0 Å². The van der Waals surface area contributed by atoms with Crippen LogP contribution in [0.4, 0.5) is 10.2 Å². The first-order valence-electron chi connectivity index (χ1n) is 11.1. The van der Waals surface area contributed by atoms with Crippen molar-refractivity contribution in [2.24, 2.45) is 10.7 Å². The van der Waals surface area contributed by atoms with Crippen LogP contribution in [0.2, 0.25) is 0 Å². The molecule has 1 atom stereocenters. The highest BCUT2D eigenvalue weighted by Crippen LogP contribution is 2.29. The Morgan fingerprint density at radius 2 is 2.06 bits per heavy atom. The van der Waals surface area contributed by atoms with Gasteiger partial charge in [0.05, 0.1) is 33.2 Å². The number of hydrogen-bond donors (Lipinski definition) is 2. The van der Waals surface area contributed by atoms with Gasteiger partial charge < -0.3 is 15.8 Å². The third kappa shape index (κ3) is 5.99. The summed E-state index contributed by atoms with van der Waals surface area (Å²) in [6, 6.07) is 12.2. The number of anilines is 1. The number of aliphatic imine (C=N–C) groups is 1. The second kappa shape index (κ2) is 10.6. The zero-order valence-corrected chi connectivity index (χ0v) is 20.9. The minimum absolute atomic E-state index is 0.233. The third-order valence-corrected chi connectivity index (χ3v) is 6.12. The van der Waals surface area contributed by atoms with Gasteiger partial charge in [-0.1, -0.05) is 6.07 Å². The molecule has 0 radical (unpaired) electrons. The molecule has 2 aromatic carbocycles. The van der Waals surface area contributed by atoms with Crippen LogP contribution < -0.4 is 15.8 Å². The predicted octanol–water partition coefficient (Wildman–Crippen LogP) is 5.69. The first kappa shape index (κ1) is 24.3. The Balaban J connectivity index is 1.54. The molecule has 0 aliphatic rings. The third-order valence-electron chi connectivity index (χ3n) is 5.33. The number of hydrogen-bond acceptors (Lipinski definition) is 8. The van der Waals surface area contributed by atoms with Crippen LogP contribution in [0, 0.1) is 12.7 Å². The van der Waals surface area contributed by atoms with Crippen LogP contribution in [-0.4, -0.2) is 34.3 Å². The van der Waals surface area contributed by atoms with E-state index in [2.05, 4.69) is 31.3 Å². The molecule has 180 valence electrons. The van der Waals surface area contributed by atoms with Crippen LogP contribution in [0.3, 0.4) is 0 Å². The van der Waals surface area contributed by atoms with E-state index >= 15 is 0 Å². The molecule has 3 N–H and O–H groups in total. The molecular weight excluding hydrogens is 463 g/mol. The molecule has 9 heteroatoms. The smallest absolute Gasteiger partial charge is 0.130 e. The van der Waals surface area contributed by atoms with Gasteiger partial charge in [0.25, 0.3) is 0 Å². The Morgan fingerprint density at radius 3 is 2.83 bits per heavy atom. The number of aromatic nitrogens is 3. The van der Waals surface area contributed by atoms with Gasteiger partial charge in [-0.2, -0.15) is 0 Å². The van der Waals surface area contributed by atoms with Gasteiger partial charge in [0.1, 0.15) is 29.8 Å². The number of nitrogens with two attached hydrogens (primary N) is 1. The number of benzene rings is 2. The molecule has 0 spiro atoms. The first-order valence-corrected chi connectivity index (χ1v) is 12.0. The molecule has 0 bridgehead atoms. The molecule has 0 aliphatic heterocycles.